The summed E-state index contributed by atoms with van der Waals surface area (Å²) in [7, 11) is 0. The molecule has 0 unspecified atom stereocenters. The van der Waals surface area contributed by atoms with Crippen LogP contribution in [0.2, 0.25) is 0 Å². The van der Waals surface area contributed by atoms with E-state index in [2.05, 4.69) is 20.7 Å². The van der Waals surface area contributed by atoms with Gasteiger partial charge in [0.2, 0.25) is 11.8 Å². The van der Waals surface area contributed by atoms with Crippen molar-refractivity contribution >= 4 is 17.5 Å². The number of hydrogen-bond donors (Lipinski definition) is 4. The molecule has 5 N–H and O–H groups in total. The smallest absolute Gasteiger partial charge is 0.266 e. The Bertz CT molecular complexity index is 851. The molecule has 0 spiro atoms. The van der Waals surface area contributed by atoms with Gasteiger partial charge < -0.3 is 16.4 Å². The molecule has 1 atom stereocenters. The summed E-state index contributed by atoms with van der Waals surface area (Å²) in [5, 5.41) is 7.91. The average molecular weight is 348 g/mol. The molecule has 0 saturated carbocycles. The Kier molecular flexibility index (Phi) is 5.58. The number of carbonyl (C=O) groups excluding carboxylic acids is 2. The first-order chi connectivity index (χ1) is 11.7. The molecule has 2 amide bonds. The van der Waals surface area contributed by atoms with Crippen LogP contribution in [-0.2, 0) is 16.1 Å². The van der Waals surface area contributed by atoms with Crippen LogP contribution in [0.1, 0.15) is 30.8 Å². The molecule has 0 aliphatic carbocycles. The van der Waals surface area contributed by atoms with Crippen LogP contribution in [0.15, 0.2) is 10.9 Å². The highest BCUT2D eigenvalue weighted by molar-refractivity contribution is 5.87. The van der Waals surface area contributed by atoms with Gasteiger partial charge in [-0.05, 0) is 19.8 Å². The number of nitrogens with one attached hydrogen (secondary N) is 3. The Labute approximate surface area is 145 Å². The predicted molar refractivity (Wildman–Crippen MR) is 93.0 cm³/mol. The fourth-order valence-corrected chi connectivity index (χ4v) is 2.45. The molecule has 2 rings (SSSR count). The van der Waals surface area contributed by atoms with E-state index in [0.717, 1.165) is 17.0 Å². The summed E-state index contributed by atoms with van der Waals surface area (Å²) in [6, 6.07) is 0.769. The molecule has 25 heavy (non-hydrogen) atoms. The highest BCUT2D eigenvalue weighted by Gasteiger charge is 2.18. The Balaban J connectivity index is 1.99. The lowest BCUT2D eigenvalue weighted by Crippen LogP contribution is -2.47. The van der Waals surface area contributed by atoms with E-state index in [1.165, 1.54) is 6.07 Å². The summed E-state index contributed by atoms with van der Waals surface area (Å²) in [6.45, 7) is 7.42. The van der Waals surface area contributed by atoms with Gasteiger partial charge in [0.05, 0.1) is 12.6 Å². The van der Waals surface area contributed by atoms with Gasteiger partial charge in [0, 0.05) is 29.6 Å². The van der Waals surface area contributed by atoms with Gasteiger partial charge in [0.25, 0.3) is 5.56 Å². The number of aromatic nitrogens is 3. The van der Waals surface area contributed by atoms with Gasteiger partial charge in [-0.3, -0.25) is 19.5 Å². The van der Waals surface area contributed by atoms with Crippen molar-refractivity contribution in [1.82, 2.24) is 25.2 Å². The van der Waals surface area contributed by atoms with Crippen LogP contribution in [0.5, 0.6) is 0 Å². The van der Waals surface area contributed by atoms with Gasteiger partial charge in [-0.1, -0.05) is 13.8 Å². The third-order valence-electron chi connectivity index (χ3n) is 4.11. The zero-order chi connectivity index (χ0) is 18.7. The normalized spacial score (nSPS) is 12.4. The van der Waals surface area contributed by atoms with Gasteiger partial charge in [0.15, 0.2) is 5.65 Å². The molecular weight excluding hydrogens is 324 g/mol. The third-order valence-corrected chi connectivity index (χ3v) is 4.11. The molecule has 2 heterocycles. The van der Waals surface area contributed by atoms with Crippen LogP contribution in [0.3, 0.4) is 0 Å². The van der Waals surface area contributed by atoms with Crippen molar-refractivity contribution < 1.29 is 9.59 Å². The summed E-state index contributed by atoms with van der Waals surface area (Å²) in [5.74, 6) is -0.690. The number of hydrogen-bond acceptors (Lipinski definition) is 5. The predicted octanol–water partition coefficient (Wildman–Crippen LogP) is -0.645. The van der Waals surface area contributed by atoms with E-state index in [-0.39, 0.29) is 36.4 Å². The van der Waals surface area contributed by atoms with Crippen molar-refractivity contribution in [2.75, 3.05) is 6.54 Å². The fraction of sp³-hybridized carbons (Fsp3) is 0.500. The second-order valence-electron chi connectivity index (χ2n) is 6.34. The molecule has 0 fully saturated rings. The number of H-pyrrole nitrogens is 1. The summed E-state index contributed by atoms with van der Waals surface area (Å²) in [6.07, 6.45) is 0. The van der Waals surface area contributed by atoms with Gasteiger partial charge in [-0.2, -0.15) is 0 Å². The van der Waals surface area contributed by atoms with Gasteiger partial charge >= 0.3 is 0 Å². The number of amides is 2. The number of aromatic amines is 1. The highest BCUT2D eigenvalue weighted by atomic mass is 16.2. The first-order valence-electron chi connectivity index (χ1n) is 8.08. The van der Waals surface area contributed by atoms with E-state index in [1.807, 2.05) is 27.7 Å². The van der Waals surface area contributed by atoms with Crippen LogP contribution >= 0.6 is 0 Å². The van der Waals surface area contributed by atoms with E-state index < -0.39 is 6.04 Å². The van der Waals surface area contributed by atoms with Crippen molar-refractivity contribution in [2.45, 2.75) is 40.3 Å². The van der Waals surface area contributed by atoms with Crippen LogP contribution in [-0.4, -0.2) is 39.0 Å². The maximum Gasteiger partial charge on any atom is 0.266 e. The van der Waals surface area contributed by atoms with Gasteiger partial charge in [-0.25, -0.2) is 9.50 Å². The molecule has 0 saturated heterocycles. The molecule has 0 aliphatic rings. The minimum absolute atomic E-state index is 0.00473. The number of carbonyl (C=O) groups is 2. The van der Waals surface area contributed by atoms with Crippen LogP contribution in [0.25, 0.3) is 5.65 Å². The number of rotatable bonds is 6. The van der Waals surface area contributed by atoms with Crippen molar-refractivity contribution in [3.8, 4) is 0 Å². The van der Waals surface area contributed by atoms with Crippen molar-refractivity contribution in [3.05, 3.63) is 33.4 Å². The number of nitrogens with zero attached hydrogens (tertiary/aromatic N) is 2. The minimum atomic E-state index is -0.644. The Morgan fingerprint density at radius 3 is 2.64 bits per heavy atom. The second kappa shape index (κ2) is 7.47. The molecular formula is C16H24N6O3. The Morgan fingerprint density at radius 2 is 2.00 bits per heavy atom. The maximum atomic E-state index is 12.0. The monoisotopic (exact) mass is 348 g/mol. The van der Waals surface area contributed by atoms with Crippen LogP contribution in [0.4, 0.5) is 0 Å². The topological polar surface area (TPSA) is 134 Å². The lowest BCUT2D eigenvalue weighted by Gasteiger charge is -2.16. The molecule has 136 valence electrons. The molecule has 0 aromatic carbocycles. The fourth-order valence-electron chi connectivity index (χ4n) is 2.45. The highest BCUT2D eigenvalue weighted by Crippen LogP contribution is 2.12. The lowest BCUT2D eigenvalue weighted by atomic mass is 10.1. The van der Waals surface area contributed by atoms with Crippen molar-refractivity contribution in [1.29, 1.82) is 0 Å². The van der Waals surface area contributed by atoms with Crippen LogP contribution < -0.4 is 21.9 Å². The van der Waals surface area contributed by atoms with E-state index >= 15 is 0 Å². The lowest BCUT2D eigenvalue weighted by molar-refractivity contribution is -0.127. The van der Waals surface area contributed by atoms with E-state index in [1.54, 1.807) is 4.52 Å². The summed E-state index contributed by atoms with van der Waals surface area (Å²) in [5.41, 5.74) is 8.33. The third kappa shape index (κ3) is 4.24. The standard InChI is InChI=1S/C16H24N6O3/c1-8(2)15(17)16(25)19-7-14(24)18-6-11-9(3)20-12-5-13(23)21-22(12)10(11)4/h5,8,15H,6-7,17H2,1-4H3,(H,18,24)(H,19,25)(H,21,23)/t15-/m0/s1. The van der Waals surface area contributed by atoms with Gasteiger partial charge in [-0.15, -0.1) is 0 Å². The molecule has 0 aliphatic heterocycles. The molecule has 2 aromatic rings. The minimum Gasteiger partial charge on any atom is -0.350 e. The zero-order valence-corrected chi connectivity index (χ0v) is 14.8. The van der Waals surface area contributed by atoms with Crippen molar-refractivity contribution in [3.63, 3.8) is 0 Å². The van der Waals surface area contributed by atoms with Crippen molar-refractivity contribution in [2.24, 2.45) is 11.7 Å². The summed E-state index contributed by atoms with van der Waals surface area (Å²) in [4.78, 5) is 39.5. The molecule has 9 nitrogen and oxygen atoms in total. The largest absolute Gasteiger partial charge is 0.350 e. The SMILES string of the molecule is Cc1nc2cc(=O)[nH]n2c(C)c1CNC(=O)CNC(=O)[C@@H](N)C(C)C. The first kappa shape index (κ1) is 18.7. The summed E-state index contributed by atoms with van der Waals surface area (Å²) >= 11 is 0. The number of aryl methyl sites for hydroxylation is 2. The maximum absolute atomic E-state index is 12.0. The quantitative estimate of drug-likeness (QED) is 0.550. The molecule has 2 aromatic heterocycles. The Hall–Kier alpha value is -2.68. The van der Waals surface area contributed by atoms with E-state index in [4.69, 9.17) is 5.73 Å². The van der Waals surface area contributed by atoms with Crippen LogP contribution in [0, 0.1) is 19.8 Å². The molecule has 0 radical (unpaired) electrons. The number of fused-ring (bicyclic) bond motifs is 1. The molecule has 0 bridgehead atoms. The zero-order valence-electron chi connectivity index (χ0n) is 14.8. The summed E-state index contributed by atoms with van der Waals surface area (Å²) < 4.78 is 1.58. The first-order valence-corrected chi connectivity index (χ1v) is 8.08. The van der Waals surface area contributed by atoms with E-state index in [0.29, 0.717) is 5.65 Å². The second-order valence-corrected chi connectivity index (χ2v) is 6.34. The van der Waals surface area contributed by atoms with Gasteiger partial charge in [0.1, 0.15) is 0 Å². The Morgan fingerprint density at radius 1 is 1.32 bits per heavy atom. The van der Waals surface area contributed by atoms with E-state index in [9.17, 15) is 14.4 Å². The molecule has 9 heteroatoms. The number of nitrogens with two attached hydrogens (primary N) is 1. The average Bonchev–Trinajstić information content (AvgIpc) is 2.91.